The van der Waals surface area contributed by atoms with E-state index in [1.54, 1.807) is 0 Å². The van der Waals surface area contributed by atoms with Gasteiger partial charge < -0.3 is 20.3 Å². The molecular weight excluding hydrogens is 304 g/mol. The van der Waals surface area contributed by atoms with Crippen LogP contribution in [0.25, 0.3) is 0 Å². The van der Waals surface area contributed by atoms with Gasteiger partial charge in [-0.1, -0.05) is 11.8 Å². The molecule has 0 radical (unpaired) electrons. The number of hydrogen-bond acceptors (Lipinski definition) is 6. The van der Waals surface area contributed by atoms with Crippen LogP contribution in [0.4, 0.5) is 17.6 Å². The number of halogens is 4. The predicted molar refractivity (Wildman–Crippen MR) is 64.1 cm³/mol. The molecule has 1 saturated heterocycles. The maximum absolute atomic E-state index is 14.1. The summed E-state index contributed by atoms with van der Waals surface area (Å²) in [4.78, 5) is 3.88. The maximum Gasteiger partial charge on any atom is 0.419 e. The zero-order valence-electron chi connectivity index (χ0n) is 10.6. The van der Waals surface area contributed by atoms with Gasteiger partial charge in [0.1, 0.15) is 23.7 Å². The third-order valence-corrected chi connectivity index (χ3v) is 4.51. The minimum Gasteiger partial charge on any atom is -0.387 e. The van der Waals surface area contributed by atoms with Gasteiger partial charge in [0.2, 0.25) is 0 Å². The van der Waals surface area contributed by atoms with Gasteiger partial charge in [-0.05, 0) is 6.92 Å². The number of aliphatic imine (C=N–C) groups is 1. The molecule has 0 aromatic rings. The van der Waals surface area contributed by atoms with Crippen molar-refractivity contribution >= 4 is 16.9 Å². The van der Waals surface area contributed by atoms with E-state index in [2.05, 4.69) is 10.3 Å². The summed E-state index contributed by atoms with van der Waals surface area (Å²) in [5.74, 6) is 0. The summed E-state index contributed by atoms with van der Waals surface area (Å²) in [7, 11) is 1.52. The second-order valence-electron chi connectivity index (χ2n) is 4.80. The molecule has 0 amide bonds. The molecule has 0 aliphatic carbocycles. The molecule has 0 unspecified atom stereocenters. The zero-order valence-corrected chi connectivity index (χ0v) is 11.4. The van der Waals surface area contributed by atoms with Crippen LogP contribution < -0.4 is 5.32 Å². The van der Waals surface area contributed by atoms with Crippen molar-refractivity contribution in [2.75, 3.05) is 7.05 Å². The van der Waals surface area contributed by atoms with E-state index < -0.39 is 41.6 Å². The molecule has 5 nitrogen and oxygen atoms in total. The highest BCUT2D eigenvalue weighted by atomic mass is 32.2. The summed E-state index contributed by atoms with van der Waals surface area (Å²) in [5.41, 5.74) is -4.38. The Kier molecular flexibility index (Phi) is 3.95. The Labute approximate surface area is 116 Å². The highest BCUT2D eigenvalue weighted by Gasteiger charge is 2.63. The molecule has 0 bridgehead atoms. The first-order valence-electron chi connectivity index (χ1n) is 5.78. The van der Waals surface area contributed by atoms with E-state index in [0.717, 1.165) is 11.8 Å². The fraction of sp³-hybridized carbons (Fsp3) is 0.900. The Morgan fingerprint density at radius 1 is 1.40 bits per heavy atom. The van der Waals surface area contributed by atoms with E-state index in [4.69, 9.17) is 4.74 Å². The van der Waals surface area contributed by atoms with Gasteiger partial charge in [-0.15, -0.1) is 0 Å². The average molecular weight is 318 g/mol. The minimum absolute atomic E-state index is 0.308. The molecule has 6 atom stereocenters. The molecule has 2 heterocycles. The number of hydrogen-bond donors (Lipinski definition) is 3. The first-order chi connectivity index (χ1) is 9.09. The summed E-state index contributed by atoms with van der Waals surface area (Å²) in [6.07, 6.45) is -11.3. The van der Waals surface area contributed by atoms with E-state index in [0.29, 0.717) is 12.1 Å². The van der Waals surface area contributed by atoms with Gasteiger partial charge in [-0.25, -0.2) is 4.39 Å². The summed E-state index contributed by atoms with van der Waals surface area (Å²) < 4.78 is 57.5. The van der Waals surface area contributed by atoms with Gasteiger partial charge in [0, 0.05) is 7.05 Å². The minimum atomic E-state index is -5.05. The predicted octanol–water partition coefficient (Wildman–Crippen LogP) is 0.414. The molecule has 10 heteroatoms. The monoisotopic (exact) mass is 318 g/mol. The largest absolute Gasteiger partial charge is 0.419 e. The van der Waals surface area contributed by atoms with Crippen molar-refractivity contribution < 1.29 is 32.5 Å². The quantitative estimate of drug-likeness (QED) is 0.611. The fourth-order valence-electron chi connectivity index (χ4n) is 2.08. The number of aliphatic hydroxyl groups is 2. The Morgan fingerprint density at radius 3 is 2.50 bits per heavy atom. The second kappa shape index (κ2) is 5.00. The average Bonchev–Trinajstić information content (AvgIpc) is 2.75. The molecule has 2 aliphatic heterocycles. The number of nitrogens with one attached hydrogen (secondary N) is 1. The molecule has 0 aromatic heterocycles. The summed E-state index contributed by atoms with van der Waals surface area (Å²) >= 11 is 0.918. The van der Waals surface area contributed by atoms with E-state index in [1.165, 1.54) is 7.05 Å². The van der Waals surface area contributed by atoms with Crippen molar-refractivity contribution in [1.82, 2.24) is 5.32 Å². The Hall–Kier alpha value is -0.580. The second-order valence-corrected chi connectivity index (χ2v) is 5.89. The third-order valence-electron chi connectivity index (χ3n) is 3.36. The lowest BCUT2D eigenvalue weighted by atomic mass is 9.87. The van der Waals surface area contributed by atoms with Crippen molar-refractivity contribution in [3.05, 3.63) is 0 Å². The maximum atomic E-state index is 14.1. The summed E-state index contributed by atoms with van der Waals surface area (Å²) in [6.45, 7) is 0.452. The SMILES string of the molecule is CNC1=N[C@@H]2[C@@H](F)[C@H](O)[C@@H]([C@](C)(O)C(F)(F)F)O[C@@H]2S1. The highest BCUT2D eigenvalue weighted by molar-refractivity contribution is 8.14. The van der Waals surface area contributed by atoms with Crippen LogP contribution in [-0.2, 0) is 4.74 Å². The highest BCUT2D eigenvalue weighted by Crippen LogP contribution is 2.44. The summed E-state index contributed by atoms with van der Waals surface area (Å²) in [5, 5.41) is 22.2. The van der Waals surface area contributed by atoms with Crippen molar-refractivity contribution in [3.63, 3.8) is 0 Å². The van der Waals surface area contributed by atoms with E-state index >= 15 is 0 Å². The zero-order chi connectivity index (χ0) is 15.3. The molecule has 20 heavy (non-hydrogen) atoms. The van der Waals surface area contributed by atoms with Crippen molar-refractivity contribution in [1.29, 1.82) is 0 Å². The van der Waals surface area contributed by atoms with Gasteiger partial charge in [0.15, 0.2) is 16.9 Å². The first kappa shape index (κ1) is 15.8. The van der Waals surface area contributed by atoms with Gasteiger partial charge in [-0.3, -0.25) is 4.99 Å². The number of fused-ring (bicyclic) bond motifs is 1. The Balaban J connectivity index is 2.24. The normalized spacial score (nSPS) is 40.8. The van der Waals surface area contributed by atoms with Crippen LogP contribution in [0.5, 0.6) is 0 Å². The number of ether oxygens (including phenoxy) is 1. The third kappa shape index (κ3) is 2.38. The van der Waals surface area contributed by atoms with E-state index in [1.807, 2.05) is 0 Å². The molecule has 1 fully saturated rings. The molecular formula is C10H14F4N2O3S. The van der Waals surface area contributed by atoms with E-state index in [-0.39, 0.29) is 0 Å². The van der Waals surface area contributed by atoms with Crippen LogP contribution in [-0.4, -0.2) is 64.1 Å². The lowest BCUT2D eigenvalue weighted by Crippen LogP contribution is -2.65. The van der Waals surface area contributed by atoms with Crippen LogP contribution in [0.1, 0.15) is 6.92 Å². The smallest absolute Gasteiger partial charge is 0.387 e. The van der Waals surface area contributed by atoms with Crippen molar-refractivity contribution in [2.45, 2.75) is 48.6 Å². The lowest BCUT2D eigenvalue weighted by Gasteiger charge is -2.43. The summed E-state index contributed by atoms with van der Waals surface area (Å²) in [6, 6.07) is -1.10. The van der Waals surface area contributed by atoms with Gasteiger partial charge in [-0.2, -0.15) is 13.2 Å². The van der Waals surface area contributed by atoms with E-state index in [9.17, 15) is 27.8 Å². The van der Waals surface area contributed by atoms with Crippen molar-refractivity contribution in [3.8, 4) is 0 Å². The molecule has 0 aromatic carbocycles. The number of amidine groups is 1. The molecule has 2 aliphatic rings. The standard InChI is InChI=1S/C10H14F4N2O3S/c1-9(18,10(12,13)14)6-5(17)3(11)4-7(19-6)20-8(15-2)16-4/h3-7,17-18H,1-2H3,(H,15,16)/t3-,4-,5+,6+,7-,9+/m1/s1. The van der Waals surface area contributed by atoms with Gasteiger partial charge >= 0.3 is 6.18 Å². The van der Waals surface area contributed by atoms with Crippen LogP contribution in [0.2, 0.25) is 0 Å². The number of nitrogens with zero attached hydrogens (tertiary/aromatic N) is 1. The fourth-order valence-corrected chi connectivity index (χ4v) is 3.13. The van der Waals surface area contributed by atoms with Crippen LogP contribution in [0.3, 0.4) is 0 Å². The van der Waals surface area contributed by atoms with Crippen LogP contribution >= 0.6 is 11.8 Å². The number of alkyl halides is 4. The topological polar surface area (TPSA) is 74.1 Å². The van der Waals surface area contributed by atoms with Crippen molar-refractivity contribution in [2.24, 2.45) is 4.99 Å². The number of rotatable bonds is 1. The lowest BCUT2D eigenvalue weighted by molar-refractivity contribution is -0.314. The number of thioether (sulfide) groups is 1. The first-order valence-corrected chi connectivity index (χ1v) is 6.66. The van der Waals surface area contributed by atoms with Gasteiger partial charge in [0.05, 0.1) is 0 Å². The molecule has 2 rings (SSSR count). The molecule has 0 spiro atoms. The molecule has 3 N–H and O–H groups in total. The Bertz CT molecular complexity index is 418. The van der Waals surface area contributed by atoms with Crippen LogP contribution in [0, 0.1) is 0 Å². The molecule has 0 saturated carbocycles. The molecule has 116 valence electrons. The van der Waals surface area contributed by atoms with Crippen LogP contribution in [0.15, 0.2) is 4.99 Å². The van der Waals surface area contributed by atoms with Gasteiger partial charge in [0.25, 0.3) is 0 Å². The Morgan fingerprint density at radius 2 is 2.00 bits per heavy atom. The number of aliphatic hydroxyl groups excluding tert-OH is 1.